The van der Waals surface area contributed by atoms with Crippen molar-refractivity contribution in [3.8, 4) is 11.5 Å². The lowest BCUT2D eigenvalue weighted by Crippen LogP contribution is -2.53. The molecule has 1 fully saturated rings. The number of anilines is 1. The molecule has 3 aromatic rings. The fourth-order valence-electron chi connectivity index (χ4n) is 4.22. The minimum Gasteiger partial charge on any atom is -0.415 e. The lowest BCUT2D eigenvalue weighted by molar-refractivity contribution is 0.116. The largest absolute Gasteiger partial charge is 0.415 e. The van der Waals surface area contributed by atoms with Crippen LogP contribution in [0.2, 0.25) is 0 Å². The van der Waals surface area contributed by atoms with Crippen molar-refractivity contribution in [1.29, 1.82) is 0 Å². The number of urea groups is 1. The normalized spacial score (nSPS) is 17.2. The summed E-state index contributed by atoms with van der Waals surface area (Å²) in [5, 5.41) is 10.3. The number of rotatable bonds is 5. The van der Waals surface area contributed by atoms with E-state index in [-0.39, 0.29) is 18.0 Å². The molecule has 0 saturated carbocycles. The molecule has 0 unspecified atom stereocenters. The maximum absolute atomic E-state index is 13.4. The van der Waals surface area contributed by atoms with E-state index in [1.165, 1.54) is 6.20 Å². The van der Waals surface area contributed by atoms with Crippen molar-refractivity contribution in [3.63, 3.8) is 0 Å². The molecule has 0 spiro atoms. The van der Waals surface area contributed by atoms with Gasteiger partial charge in [-0.3, -0.25) is 9.88 Å². The van der Waals surface area contributed by atoms with Crippen molar-refractivity contribution in [2.24, 2.45) is 0 Å². The van der Waals surface area contributed by atoms with Crippen LogP contribution in [0, 0.1) is 0 Å². The quantitative estimate of drug-likeness (QED) is 0.650. The van der Waals surface area contributed by atoms with E-state index in [2.05, 4.69) is 26.6 Å². The minimum absolute atomic E-state index is 0.0178. The molecule has 8 nitrogen and oxygen atoms in total. The van der Waals surface area contributed by atoms with Gasteiger partial charge in [0.25, 0.3) is 5.89 Å². The summed E-state index contributed by atoms with van der Waals surface area (Å²) in [5.41, 5.74) is 3.09. The Bertz CT molecular complexity index is 1100. The Morgan fingerprint density at radius 2 is 1.94 bits per heavy atom. The van der Waals surface area contributed by atoms with E-state index in [9.17, 15) is 13.6 Å². The smallest absolute Gasteiger partial charge is 0.325 e. The van der Waals surface area contributed by atoms with E-state index < -0.39 is 12.3 Å². The molecule has 10 heteroatoms. The number of aromatic nitrogens is 3. The molecular weight excluding hydrogens is 418 g/mol. The Labute approximate surface area is 183 Å². The monoisotopic (exact) mass is 440 g/mol. The van der Waals surface area contributed by atoms with Gasteiger partial charge in [-0.2, -0.15) is 8.78 Å². The molecule has 2 amide bonds. The molecule has 1 aromatic carbocycles. The third-order valence-corrected chi connectivity index (χ3v) is 5.87. The summed E-state index contributed by atoms with van der Waals surface area (Å²) >= 11 is 0. The zero-order valence-corrected chi connectivity index (χ0v) is 17.2. The van der Waals surface area contributed by atoms with Gasteiger partial charge >= 0.3 is 12.5 Å². The first kappa shape index (κ1) is 20.5. The van der Waals surface area contributed by atoms with E-state index >= 15 is 0 Å². The van der Waals surface area contributed by atoms with E-state index in [1.807, 2.05) is 23.1 Å². The number of nitrogens with one attached hydrogen (secondary N) is 1. The number of amides is 2. The van der Waals surface area contributed by atoms with Crippen molar-refractivity contribution >= 4 is 11.7 Å². The second-order valence-electron chi connectivity index (χ2n) is 7.89. The molecular formula is C22H22F2N6O2. The molecule has 1 saturated heterocycles. The van der Waals surface area contributed by atoms with Gasteiger partial charge in [0.15, 0.2) is 0 Å². The highest BCUT2D eigenvalue weighted by Gasteiger charge is 2.35. The van der Waals surface area contributed by atoms with E-state index in [0.717, 1.165) is 37.2 Å². The zero-order valence-electron chi connectivity index (χ0n) is 17.2. The first-order valence-corrected chi connectivity index (χ1v) is 10.5. The summed E-state index contributed by atoms with van der Waals surface area (Å²) < 4.78 is 30.4. The summed E-state index contributed by atoms with van der Waals surface area (Å²) in [6.45, 7) is 2.71. The number of carbonyl (C=O) groups is 1. The maximum Gasteiger partial charge on any atom is 0.325 e. The predicted octanol–water partition coefficient (Wildman–Crippen LogP) is 3.76. The highest BCUT2D eigenvalue weighted by Crippen LogP contribution is 2.32. The lowest BCUT2D eigenvalue weighted by Gasteiger charge is -2.42. The highest BCUT2D eigenvalue weighted by molar-refractivity contribution is 5.95. The third-order valence-electron chi connectivity index (χ3n) is 5.87. The van der Waals surface area contributed by atoms with E-state index in [1.54, 1.807) is 17.0 Å². The molecule has 32 heavy (non-hydrogen) atoms. The molecule has 0 bridgehead atoms. The maximum atomic E-state index is 13.4. The molecule has 0 atom stereocenters. The van der Waals surface area contributed by atoms with Crippen LogP contribution in [0.25, 0.3) is 11.5 Å². The number of carbonyl (C=O) groups excluding carboxylic acids is 1. The number of benzene rings is 1. The average Bonchev–Trinajstić information content (AvgIpc) is 3.32. The molecule has 2 aliphatic rings. The van der Waals surface area contributed by atoms with E-state index in [0.29, 0.717) is 24.3 Å². The van der Waals surface area contributed by atoms with E-state index in [4.69, 9.17) is 4.42 Å². The van der Waals surface area contributed by atoms with Gasteiger partial charge in [0.1, 0.15) is 0 Å². The second kappa shape index (κ2) is 8.62. The second-order valence-corrected chi connectivity index (χ2v) is 7.89. The average molecular weight is 440 g/mol. The van der Waals surface area contributed by atoms with Crippen LogP contribution in [0.1, 0.15) is 36.4 Å². The molecule has 2 aliphatic heterocycles. The van der Waals surface area contributed by atoms with Crippen LogP contribution in [-0.2, 0) is 13.1 Å². The topological polar surface area (TPSA) is 87.4 Å². The van der Waals surface area contributed by atoms with Gasteiger partial charge in [-0.25, -0.2) is 4.79 Å². The first-order valence-electron chi connectivity index (χ1n) is 10.5. The molecule has 4 heterocycles. The van der Waals surface area contributed by atoms with Crippen molar-refractivity contribution in [3.05, 3.63) is 59.7 Å². The number of fused-ring (bicyclic) bond motifs is 1. The fraction of sp³-hybridized carbons (Fsp3) is 0.364. The number of halogens is 2. The Morgan fingerprint density at radius 1 is 1.12 bits per heavy atom. The standard InChI is InChI=1S/C22H22F2N6O2/c23-19(24)21-28-27-20(32-21)14-5-6-16(26-11-14)13-30-18-4-2-1-3-15(18)12-29(22(30)31)17-7-9-25-10-8-17/h1-6,11,17,19,25H,7-10,12-13H2. The molecule has 2 aromatic heterocycles. The van der Waals surface area contributed by atoms with Gasteiger partial charge in [0.2, 0.25) is 5.89 Å². The third kappa shape index (κ3) is 3.93. The Hall–Kier alpha value is -3.40. The lowest BCUT2D eigenvalue weighted by atomic mass is 10.0. The number of nitrogens with zero attached hydrogens (tertiary/aromatic N) is 5. The number of alkyl halides is 2. The van der Waals surface area contributed by atoms with Crippen LogP contribution in [-0.4, -0.2) is 45.2 Å². The van der Waals surface area contributed by atoms with Crippen LogP contribution in [0.3, 0.4) is 0 Å². The summed E-state index contributed by atoms with van der Waals surface area (Å²) in [6, 6.07) is 11.5. The van der Waals surface area contributed by atoms with Crippen molar-refractivity contribution in [2.45, 2.75) is 38.4 Å². The number of hydrogen-bond acceptors (Lipinski definition) is 6. The van der Waals surface area contributed by atoms with Crippen LogP contribution in [0.15, 0.2) is 47.0 Å². The number of para-hydroxylation sites is 1. The van der Waals surface area contributed by atoms with Gasteiger partial charge in [0, 0.05) is 18.8 Å². The minimum atomic E-state index is -2.82. The summed E-state index contributed by atoms with van der Waals surface area (Å²) in [4.78, 5) is 21.6. The highest BCUT2D eigenvalue weighted by atomic mass is 19.3. The Morgan fingerprint density at radius 3 is 2.66 bits per heavy atom. The number of hydrogen-bond donors (Lipinski definition) is 1. The van der Waals surface area contributed by atoms with Crippen molar-refractivity contribution < 1.29 is 18.0 Å². The number of pyridine rings is 1. The fourth-order valence-corrected chi connectivity index (χ4v) is 4.22. The van der Waals surface area contributed by atoms with Gasteiger partial charge in [-0.1, -0.05) is 18.2 Å². The summed E-state index contributed by atoms with van der Waals surface area (Å²) in [7, 11) is 0. The van der Waals surface area contributed by atoms with Gasteiger partial charge in [-0.05, 0) is 49.7 Å². The molecule has 0 radical (unpaired) electrons. The first-order chi connectivity index (χ1) is 15.6. The summed E-state index contributed by atoms with van der Waals surface area (Å²) in [6.07, 6.45) is 0.527. The molecule has 5 rings (SSSR count). The molecule has 166 valence electrons. The number of piperidine rings is 1. The van der Waals surface area contributed by atoms with Crippen LogP contribution in [0.4, 0.5) is 19.3 Å². The van der Waals surface area contributed by atoms with Crippen molar-refractivity contribution in [1.82, 2.24) is 25.4 Å². The van der Waals surface area contributed by atoms with Crippen LogP contribution in [0.5, 0.6) is 0 Å². The van der Waals surface area contributed by atoms with Gasteiger partial charge in [0.05, 0.1) is 23.5 Å². The van der Waals surface area contributed by atoms with Gasteiger partial charge < -0.3 is 14.6 Å². The Kier molecular flexibility index (Phi) is 5.52. The zero-order chi connectivity index (χ0) is 22.1. The SMILES string of the molecule is O=C1N(Cc2ccc(-c3nnc(C(F)F)o3)cn2)c2ccccc2CN1C1CCNCC1. The van der Waals surface area contributed by atoms with Crippen LogP contribution < -0.4 is 10.2 Å². The molecule has 0 aliphatic carbocycles. The Balaban J connectivity index is 1.38. The van der Waals surface area contributed by atoms with Crippen molar-refractivity contribution in [2.75, 3.05) is 18.0 Å². The molecule has 1 N–H and O–H groups in total. The predicted molar refractivity (Wildman–Crippen MR) is 112 cm³/mol. The van der Waals surface area contributed by atoms with Crippen LogP contribution >= 0.6 is 0 Å². The summed E-state index contributed by atoms with van der Waals surface area (Å²) in [5.74, 6) is -0.742. The van der Waals surface area contributed by atoms with Gasteiger partial charge in [-0.15, -0.1) is 10.2 Å².